The molecule has 0 atom stereocenters. The summed E-state index contributed by atoms with van der Waals surface area (Å²) in [5.41, 5.74) is 3.21. The smallest absolute Gasteiger partial charge is 0.263 e. The number of nitrogens with zero attached hydrogens (tertiary/aromatic N) is 2. The Bertz CT molecular complexity index is 1210. The van der Waals surface area contributed by atoms with Crippen LogP contribution >= 0.6 is 11.3 Å². The van der Waals surface area contributed by atoms with Crippen LogP contribution in [0.4, 0.5) is 4.39 Å². The van der Waals surface area contributed by atoms with E-state index in [1.54, 1.807) is 0 Å². The van der Waals surface area contributed by atoms with Gasteiger partial charge in [-0.15, -0.1) is 0 Å². The third kappa shape index (κ3) is 4.23. The van der Waals surface area contributed by atoms with Crippen molar-refractivity contribution in [1.29, 1.82) is 0 Å². The number of aromatic nitrogens is 1. The Morgan fingerprint density at radius 2 is 1.86 bits per heavy atom. The molecule has 0 unspecified atom stereocenters. The van der Waals surface area contributed by atoms with Crippen LogP contribution in [0.5, 0.6) is 0 Å². The second-order valence-electron chi connectivity index (χ2n) is 6.68. The fourth-order valence-electron chi connectivity index (χ4n) is 3.06. The monoisotopic (exact) mass is 420 g/mol. The van der Waals surface area contributed by atoms with Crippen LogP contribution < -0.4 is 4.80 Å². The zero-order chi connectivity index (χ0) is 20.5. The molecule has 2 aromatic carbocycles. The lowest BCUT2D eigenvalue weighted by molar-refractivity contribution is -0.115. The van der Waals surface area contributed by atoms with Crippen LogP contribution in [0.15, 0.2) is 46.3 Å². The molecule has 0 aliphatic heterocycles. The molecule has 1 amide bonds. The number of amides is 1. The summed E-state index contributed by atoms with van der Waals surface area (Å²) in [5, 5.41) is 0. The van der Waals surface area contributed by atoms with Crippen LogP contribution in [0, 0.1) is 19.7 Å². The maximum Gasteiger partial charge on any atom is 0.263 e. The Kier molecular flexibility index (Phi) is 5.81. The van der Waals surface area contributed by atoms with Gasteiger partial charge in [0.05, 0.1) is 15.1 Å². The highest BCUT2D eigenvalue weighted by molar-refractivity contribution is 7.92. The molecule has 0 saturated heterocycles. The van der Waals surface area contributed by atoms with Gasteiger partial charge >= 0.3 is 0 Å². The predicted octanol–water partition coefficient (Wildman–Crippen LogP) is 3.77. The van der Waals surface area contributed by atoms with Gasteiger partial charge in [0.15, 0.2) is 14.6 Å². The minimum absolute atomic E-state index is 0.0957. The van der Waals surface area contributed by atoms with Crippen LogP contribution in [0.3, 0.4) is 0 Å². The summed E-state index contributed by atoms with van der Waals surface area (Å²) >= 11 is 1.38. The van der Waals surface area contributed by atoms with Crippen LogP contribution in [0.25, 0.3) is 10.2 Å². The molecule has 0 saturated carbocycles. The summed E-state index contributed by atoms with van der Waals surface area (Å²) in [6.45, 7) is 6.73. The van der Waals surface area contributed by atoms with Crippen LogP contribution in [-0.4, -0.2) is 24.6 Å². The van der Waals surface area contributed by atoms with Crippen molar-refractivity contribution in [2.75, 3.05) is 5.75 Å². The fourth-order valence-corrected chi connectivity index (χ4v) is 5.29. The van der Waals surface area contributed by atoms with E-state index in [-0.39, 0.29) is 4.90 Å². The van der Waals surface area contributed by atoms with Gasteiger partial charge in [-0.1, -0.05) is 24.3 Å². The molecule has 3 aromatic rings. The van der Waals surface area contributed by atoms with Crippen molar-refractivity contribution in [1.82, 2.24) is 4.57 Å². The normalized spacial score (nSPS) is 12.6. The van der Waals surface area contributed by atoms with Crippen molar-refractivity contribution in [2.45, 2.75) is 38.6 Å². The molecule has 148 valence electrons. The Morgan fingerprint density at radius 1 is 1.18 bits per heavy atom. The summed E-state index contributed by atoms with van der Waals surface area (Å²) in [4.78, 5) is 16.9. The highest BCUT2D eigenvalue weighted by Gasteiger charge is 2.20. The summed E-state index contributed by atoms with van der Waals surface area (Å²) in [5.74, 6) is -2.03. The van der Waals surface area contributed by atoms with Gasteiger partial charge in [0, 0.05) is 6.54 Å². The maximum atomic E-state index is 13.0. The topological polar surface area (TPSA) is 68.5 Å². The zero-order valence-corrected chi connectivity index (χ0v) is 17.5. The molecular formula is C20H21FN2O3S2. The Balaban J connectivity index is 2.01. The molecule has 28 heavy (non-hydrogen) atoms. The number of hydrogen-bond donors (Lipinski definition) is 0. The van der Waals surface area contributed by atoms with Crippen molar-refractivity contribution in [3.8, 4) is 0 Å². The van der Waals surface area contributed by atoms with E-state index in [9.17, 15) is 17.6 Å². The first kappa shape index (κ1) is 20.4. The van der Waals surface area contributed by atoms with E-state index in [0.29, 0.717) is 11.3 Å². The van der Waals surface area contributed by atoms with Gasteiger partial charge in [-0.3, -0.25) is 4.79 Å². The molecule has 1 heterocycles. The van der Waals surface area contributed by atoms with Crippen molar-refractivity contribution in [3.05, 3.63) is 58.1 Å². The van der Waals surface area contributed by atoms with Gasteiger partial charge in [-0.2, -0.15) is 4.99 Å². The predicted molar refractivity (Wildman–Crippen MR) is 109 cm³/mol. The molecular weight excluding hydrogens is 399 g/mol. The number of benzene rings is 2. The molecule has 0 bridgehead atoms. The average Bonchev–Trinajstić information content (AvgIpc) is 2.93. The Morgan fingerprint density at radius 3 is 2.50 bits per heavy atom. The number of aryl methyl sites for hydroxylation is 3. The van der Waals surface area contributed by atoms with E-state index in [4.69, 9.17) is 0 Å². The molecule has 0 aliphatic carbocycles. The summed E-state index contributed by atoms with van der Waals surface area (Å²) in [6.07, 6.45) is 0.855. The second-order valence-corrected chi connectivity index (χ2v) is 9.65. The lowest BCUT2D eigenvalue weighted by Gasteiger charge is -2.05. The number of hydrogen-bond acceptors (Lipinski definition) is 4. The van der Waals surface area contributed by atoms with E-state index in [0.717, 1.165) is 52.0 Å². The first-order chi connectivity index (χ1) is 13.2. The molecule has 1 aromatic heterocycles. The Labute approximate surface area is 167 Å². The molecule has 5 nitrogen and oxygen atoms in total. The van der Waals surface area contributed by atoms with Gasteiger partial charge in [0.1, 0.15) is 11.6 Å². The zero-order valence-electron chi connectivity index (χ0n) is 15.9. The van der Waals surface area contributed by atoms with Crippen LogP contribution in [0.1, 0.15) is 24.5 Å². The summed E-state index contributed by atoms with van der Waals surface area (Å²) in [7, 11) is -3.88. The van der Waals surface area contributed by atoms with Crippen molar-refractivity contribution in [3.63, 3.8) is 0 Å². The third-order valence-electron chi connectivity index (χ3n) is 4.27. The number of fused-ring (bicyclic) bond motifs is 1. The molecule has 0 spiro atoms. The van der Waals surface area contributed by atoms with Crippen molar-refractivity contribution in [2.24, 2.45) is 4.99 Å². The van der Waals surface area contributed by atoms with E-state index in [1.807, 2.05) is 31.4 Å². The summed E-state index contributed by atoms with van der Waals surface area (Å²) in [6, 6.07) is 8.54. The molecule has 0 N–H and O–H groups in total. The van der Waals surface area contributed by atoms with Crippen molar-refractivity contribution < 1.29 is 17.6 Å². The van der Waals surface area contributed by atoms with Gasteiger partial charge in [-0.25, -0.2) is 12.8 Å². The second kappa shape index (κ2) is 7.97. The molecule has 8 heteroatoms. The molecule has 0 radical (unpaired) electrons. The highest BCUT2D eigenvalue weighted by atomic mass is 32.2. The number of thiazole rings is 1. The lowest BCUT2D eigenvalue weighted by Crippen LogP contribution is -2.21. The van der Waals surface area contributed by atoms with E-state index < -0.39 is 27.3 Å². The third-order valence-corrected chi connectivity index (χ3v) is 7.12. The summed E-state index contributed by atoms with van der Waals surface area (Å²) < 4.78 is 40.9. The average molecular weight is 421 g/mol. The van der Waals surface area contributed by atoms with Crippen LogP contribution in [-0.2, 0) is 21.2 Å². The minimum atomic E-state index is -3.88. The number of rotatable bonds is 5. The minimum Gasteiger partial charge on any atom is -0.316 e. The molecule has 3 rings (SSSR count). The van der Waals surface area contributed by atoms with E-state index >= 15 is 0 Å². The molecule has 0 aliphatic rings. The van der Waals surface area contributed by atoms with E-state index in [1.165, 1.54) is 11.3 Å². The van der Waals surface area contributed by atoms with Gasteiger partial charge < -0.3 is 4.57 Å². The number of carbonyl (C=O) groups is 1. The maximum absolute atomic E-state index is 13.0. The van der Waals surface area contributed by atoms with Gasteiger partial charge in [-0.05, 0) is 61.7 Å². The highest BCUT2D eigenvalue weighted by Crippen LogP contribution is 2.23. The first-order valence-electron chi connectivity index (χ1n) is 8.87. The molecule has 0 fully saturated rings. The SMILES string of the molecule is CCCn1c(=NC(=O)CS(=O)(=O)c2ccc(F)cc2)sc2c(C)cc(C)cc21. The number of halogens is 1. The largest absolute Gasteiger partial charge is 0.316 e. The lowest BCUT2D eigenvalue weighted by atomic mass is 10.1. The van der Waals surface area contributed by atoms with Crippen molar-refractivity contribution >= 4 is 37.3 Å². The van der Waals surface area contributed by atoms with Gasteiger partial charge in [0.25, 0.3) is 5.91 Å². The first-order valence-corrected chi connectivity index (χ1v) is 11.3. The quantitative estimate of drug-likeness (QED) is 0.590. The van der Waals surface area contributed by atoms with Crippen LogP contribution in [0.2, 0.25) is 0 Å². The number of carbonyl (C=O) groups excluding carboxylic acids is 1. The Hall–Kier alpha value is -2.32. The van der Waals surface area contributed by atoms with Gasteiger partial charge in [0.2, 0.25) is 0 Å². The van der Waals surface area contributed by atoms with E-state index in [2.05, 4.69) is 11.1 Å². The fraction of sp³-hybridized carbons (Fsp3) is 0.300. The standard InChI is InChI=1S/C20H21FN2O3S2/c1-4-9-23-17-11-13(2)10-14(3)19(17)27-20(23)22-18(24)12-28(25,26)16-7-5-15(21)6-8-16/h5-8,10-11H,4,9,12H2,1-3H3. The number of sulfone groups is 1.